The van der Waals surface area contributed by atoms with Crippen molar-refractivity contribution < 1.29 is 0 Å². The Labute approximate surface area is 109 Å². The fraction of sp³-hybridized carbons (Fsp3) is 0.667. The highest BCUT2D eigenvalue weighted by molar-refractivity contribution is 5.45. The number of hydrogen-bond acceptors (Lipinski definition) is 3. The van der Waals surface area contributed by atoms with E-state index in [9.17, 15) is 0 Å². The SMILES string of the molecule is CC(N)C1CCCCN1c1ccc2c(n1)CCC2. The van der Waals surface area contributed by atoms with Crippen LogP contribution >= 0.6 is 0 Å². The Kier molecular flexibility index (Phi) is 3.25. The number of aromatic nitrogens is 1. The molecule has 1 aromatic rings. The van der Waals surface area contributed by atoms with E-state index in [0.717, 1.165) is 18.8 Å². The minimum atomic E-state index is 0.223. The van der Waals surface area contributed by atoms with Crippen LogP contribution in [0.5, 0.6) is 0 Å². The summed E-state index contributed by atoms with van der Waals surface area (Å²) in [6, 6.07) is 5.16. The highest BCUT2D eigenvalue weighted by Crippen LogP contribution is 2.28. The van der Waals surface area contributed by atoms with Crippen molar-refractivity contribution in [1.29, 1.82) is 0 Å². The molecule has 2 atom stereocenters. The first-order valence-corrected chi connectivity index (χ1v) is 7.27. The number of pyridine rings is 1. The van der Waals surface area contributed by atoms with Gasteiger partial charge in [-0.2, -0.15) is 0 Å². The third-order valence-electron chi connectivity index (χ3n) is 4.36. The molecule has 1 aromatic heterocycles. The third kappa shape index (κ3) is 2.12. The van der Waals surface area contributed by atoms with Crippen molar-refractivity contribution in [3.8, 4) is 0 Å². The molecule has 2 N–H and O–H groups in total. The van der Waals surface area contributed by atoms with Crippen LogP contribution in [0.1, 0.15) is 43.9 Å². The van der Waals surface area contributed by atoms with E-state index in [4.69, 9.17) is 10.7 Å². The average Bonchev–Trinajstić information content (AvgIpc) is 2.85. The van der Waals surface area contributed by atoms with Gasteiger partial charge in [0.2, 0.25) is 0 Å². The van der Waals surface area contributed by atoms with Crippen molar-refractivity contribution in [2.24, 2.45) is 5.73 Å². The second-order valence-corrected chi connectivity index (χ2v) is 5.74. The lowest BCUT2D eigenvalue weighted by Gasteiger charge is -2.39. The predicted octanol–water partition coefficient (Wildman–Crippen LogP) is 2.28. The van der Waals surface area contributed by atoms with Crippen LogP contribution in [0.25, 0.3) is 0 Å². The second kappa shape index (κ2) is 4.88. The molecule has 0 aromatic carbocycles. The van der Waals surface area contributed by atoms with E-state index in [1.807, 2.05) is 0 Å². The molecule has 1 fully saturated rings. The van der Waals surface area contributed by atoms with Crippen molar-refractivity contribution in [3.05, 3.63) is 23.4 Å². The first kappa shape index (κ1) is 12.0. The molecule has 0 amide bonds. The summed E-state index contributed by atoms with van der Waals surface area (Å²) in [5, 5.41) is 0. The van der Waals surface area contributed by atoms with Gasteiger partial charge in [-0.15, -0.1) is 0 Å². The molecule has 0 radical (unpaired) electrons. The summed E-state index contributed by atoms with van der Waals surface area (Å²) in [5.41, 5.74) is 8.91. The average molecular weight is 245 g/mol. The summed E-state index contributed by atoms with van der Waals surface area (Å²) in [4.78, 5) is 7.32. The number of hydrogen-bond donors (Lipinski definition) is 1. The van der Waals surface area contributed by atoms with E-state index in [2.05, 4.69) is 24.0 Å². The van der Waals surface area contributed by atoms with Gasteiger partial charge in [-0.25, -0.2) is 4.98 Å². The van der Waals surface area contributed by atoms with Gasteiger partial charge in [0.05, 0.1) is 0 Å². The Morgan fingerprint density at radius 3 is 3.00 bits per heavy atom. The van der Waals surface area contributed by atoms with Crippen molar-refractivity contribution >= 4 is 5.82 Å². The summed E-state index contributed by atoms with van der Waals surface area (Å²) in [5.74, 6) is 1.15. The lowest BCUT2D eigenvalue weighted by Crippen LogP contribution is -2.49. The molecule has 2 unspecified atom stereocenters. The Morgan fingerprint density at radius 2 is 2.17 bits per heavy atom. The standard InChI is InChI=1S/C15H23N3/c1-11(16)14-7-2-3-10-18(14)15-9-8-12-5-4-6-13(12)17-15/h8-9,11,14H,2-7,10,16H2,1H3. The minimum absolute atomic E-state index is 0.223. The maximum absolute atomic E-state index is 6.14. The van der Waals surface area contributed by atoms with Gasteiger partial charge in [-0.1, -0.05) is 6.07 Å². The zero-order valence-electron chi connectivity index (χ0n) is 11.2. The van der Waals surface area contributed by atoms with E-state index in [1.165, 1.54) is 43.4 Å². The van der Waals surface area contributed by atoms with E-state index >= 15 is 0 Å². The van der Waals surface area contributed by atoms with Crippen LogP contribution in [-0.2, 0) is 12.8 Å². The molecule has 1 aliphatic heterocycles. The number of rotatable bonds is 2. The number of nitrogens with two attached hydrogens (primary N) is 1. The fourth-order valence-corrected chi connectivity index (χ4v) is 3.36. The molecule has 2 aliphatic rings. The van der Waals surface area contributed by atoms with Crippen LogP contribution in [0.4, 0.5) is 5.82 Å². The van der Waals surface area contributed by atoms with Gasteiger partial charge in [0.1, 0.15) is 5.82 Å². The number of anilines is 1. The highest BCUT2D eigenvalue weighted by Gasteiger charge is 2.27. The van der Waals surface area contributed by atoms with Gasteiger partial charge in [0.15, 0.2) is 0 Å². The van der Waals surface area contributed by atoms with E-state index < -0.39 is 0 Å². The summed E-state index contributed by atoms with van der Waals surface area (Å²) >= 11 is 0. The van der Waals surface area contributed by atoms with Gasteiger partial charge in [-0.05, 0) is 57.1 Å². The molecule has 0 spiro atoms. The van der Waals surface area contributed by atoms with Gasteiger partial charge in [0, 0.05) is 24.3 Å². The highest BCUT2D eigenvalue weighted by atomic mass is 15.2. The van der Waals surface area contributed by atoms with Gasteiger partial charge >= 0.3 is 0 Å². The largest absolute Gasteiger partial charge is 0.352 e. The van der Waals surface area contributed by atoms with Crippen molar-refractivity contribution in [1.82, 2.24) is 4.98 Å². The van der Waals surface area contributed by atoms with Crippen LogP contribution < -0.4 is 10.6 Å². The zero-order valence-corrected chi connectivity index (χ0v) is 11.2. The van der Waals surface area contributed by atoms with Crippen LogP contribution in [0.15, 0.2) is 12.1 Å². The van der Waals surface area contributed by atoms with Gasteiger partial charge in [0.25, 0.3) is 0 Å². The van der Waals surface area contributed by atoms with Crippen molar-refractivity contribution in [2.45, 2.75) is 57.5 Å². The van der Waals surface area contributed by atoms with E-state index in [1.54, 1.807) is 0 Å². The number of nitrogens with zero attached hydrogens (tertiary/aromatic N) is 2. The Bertz CT molecular complexity index is 428. The monoisotopic (exact) mass is 245 g/mol. The first-order valence-electron chi connectivity index (χ1n) is 7.27. The number of fused-ring (bicyclic) bond motifs is 1. The summed E-state index contributed by atoms with van der Waals surface area (Å²) < 4.78 is 0. The molecule has 1 aliphatic carbocycles. The first-order chi connectivity index (χ1) is 8.75. The summed E-state index contributed by atoms with van der Waals surface area (Å²) in [6.07, 6.45) is 7.40. The molecule has 3 heteroatoms. The maximum Gasteiger partial charge on any atom is 0.129 e. The lowest BCUT2D eigenvalue weighted by atomic mass is 9.97. The van der Waals surface area contributed by atoms with Crippen LogP contribution in [0.3, 0.4) is 0 Å². The molecule has 1 saturated heterocycles. The lowest BCUT2D eigenvalue weighted by molar-refractivity contribution is 0.411. The molecule has 0 bridgehead atoms. The van der Waals surface area contributed by atoms with Crippen LogP contribution in [0.2, 0.25) is 0 Å². The molecule has 18 heavy (non-hydrogen) atoms. The maximum atomic E-state index is 6.14. The minimum Gasteiger partial charge on any atom is -0.352 e. The van der Waals surface area contributed by atoms with Crippen LogP contribution in [-0.4, -0.2) is 23.6 Å². The van der Waals surface area contributed by atoms with Crippen molar-refractivity contribution in [2.75, 3.05) is 11.4 Å². The molecule has 0 saturated carbocycles. The smallest absolute Gasteiger partial charge is 0.129 e. The van der Waals surface area contributed by atoms with Gasteiger partial charge in [-0.3, -0.25) is 0 Å². The Morgan fingerprint density at radius 1 is 1.28 bits per heavy atom. The molecular formula is C15H23N3. The number of piperidine rings is 1. The fourth-order valence-electron chi connectivity index (χ4n) is 3.36. The Balaban J connectivity index is 1.88. The molecular weight excluding hydrogens is 222 g/mol. The molecule has 3 nitrogen and oxygen atoms in total. The molecule has 98 valence electrons. The second-order valence-electron chi connectivity index (χ2n) is 5.74. The van der Waals surface area contributed by atoms with E-state index in [0.29, 0.717) is 6.04 Å². The summed E-state index contributed by atoms with van der Waals surface area (Å²) in [6.45, 7) is 3.23. The topological polar surface area (TPSA) is 42.1 Å². The third-order valence-corrected chi connectivity index (χ3v) is 4.36. The molecule has 2 heterocycles. The van der Waals surface area contributed by atoms with E-state index in [-0.39, 0.29) is 6.04 Å². The van der Waals surface area contributed by atoms with Crippen LogP contribution in [0, 0.1) is 0 Å². The van der Waals surface area contributed by atoms with Gasteiger partial charge < -0.3 is 10.6 Å². The predicted molar refractivity (Wildman–Crippen MR) is 74.9 cm³/mol. The quantitative estimate of drug-likeness (QED) is 0.869. The molecule has 3 rings (SSSR count). The zero-order chi connectivity index (χ0) is 12.5. The Hall–Kier alpha value is -1.09. The normalized spacial score (nSPS) is 25.0. The summed E-state index contributed by atoms with van der Waals surface area (Å²) in [7, 11) is 0. The van der Waals surface area contributed by atoms with Crippen molar-refractivity contribution in [3.63, 3.8) is 0 Å². The number of aryl methyl sites for hydroxylation is 2.